The van der Waals surface area contributed by atoms with Gasteiger partial charge in [0.2, 0.25) is 17.4 Å². The molecule has 0 radical (unpaired) electrons. The van der Waals surface area contributed by atoms with Crippen LogP contribution in [0.4, 0.5) is 0 Å². The van der Waals surface area contributed by atoms with E-state index in [0.717, 1.165) is 11.3 Å². The van der Waals surface area contributed by atoms with Crippen LogP contribution in [-0.4, -0.2) is 22.9 Å². The molecule has 0 aliphatic heterocycles. The largest absolute Gasteiger partial charge is 0.497 e. The van der Waals surface area contributed by atoms with Crippen LogP contribution < -0.4 is 15.1 Å². The normalized spacial score (nSPS) is 10.7. The van der Waals surface area contributed by atoms with Crippen molar-refractivity contribution >= 4 is 16.9 Å². The highest BCUT2D eigenvalue weighted by Crippen LogP contribution is 2.27. The van der Waals surface area contributed by atoms with Gasteiger partial charge in [-0.2, -0.15) is 9.97 Å². The molecule has 0 saturated carbocycles. The molecule has 7 heteroatoms. The molecule has 7 nitrogen and oxygen atoms in total. The predicted octanol–water partition coefficient (Wildman–Crippen LogP) is 2.94. The van der Waals surface area contributed by atoms with Gasteiger partial charge in [0.25, 0.3) is 0 Å². The van der Waals surface area contributed by atoms with Crippen LogP contribution in [0.3, 0.4) is 0 Å². The van der Waals surface area contributed by atoms with Crippen LogP contribution in [0.1, 0.15) is 35.6 Å². The van der Waals surface area contributed by atoms with Gasteiger partial charge < -0.3 is 13.9 Å². The number of fused-ring (bicyclic) bond motifs is 1. The van der Waals surface area contributed by atoms with Crippen molar-refractivity contribution < 1.29 is 18.7 Å². The maximum Gasteiger partial charge on any atom is 0.337 e. The Hall–Kier alpha value is -3.22. The van der Waals surface area contributed by atoms with Crippen LogP contribution in [0, 0.1) is 0 Å². The summed E-state index contributed by atoms with van der Waals surface area (Å²) in [6.45, 7) is 3.48. The summed E-state index contributed by atoms with van der Waals surface area (Å²) >= 11 is 0. The first-order valence-corrected chi connectivity index (χ1v) is 8.13. The lowest BCUT2D eigenvalue weighted by atomic mass is 10.1. The average Bonchev–Trinajstić information content (AvgIpc) is 2.65. The lowest BCUT2D eigenvalue weighted by molar-refractivity contribution is 0.100. The topological polar surface area (TPSA) is 91.5 Å². The van der Waals surface area contributed by atoms with Crippen molar-refractivity contribution in [2.24, 2.45) is 0 Å². The van der Waals surface area contributed by atoms with Gasteiger partial charge in [-0.1, -0.05) is 19.1 Å². The van der Waals surface area contributed by atoms with Crippen LogP contribution in [-0.2, 0) is 13.0 Å². The second kappa shape index (κ2) is 7.35. The summed E-state index contributed by atoms with van der Waals surface area (Å²) in [5.41, 5.74) is 1.14. The molecule has 2 heterocycles. The molecule has 1 aromatic carbocycles. The van der Waals surface area contributed by atoms with Gasteiger partial charge in [-0.05, 0) is 29.7 Å². The Balaban J connectivity index is 2.04. The second-order valence-corrected chi connectivity index (χ2v) is 5.67. The molecule has 2 aromatic heterocycles. The Labute approximate surface area is 149 Å². The van der Waals surface area contributed by atoms with Gasteiger partial charge in [-0.3, -0.25) is 4.79 Å². The molecular weight excluding hydrogens is 336 g/mol. The minimum atomic E-state index is -0.524. The first-order chi connectivity index (χ1) is 12.5. The Morgan fingerprint density at radius 2 is 1.92 bits per heavy atom. The Morgan fingerprint density at radius 3 is 2.54 bits per heavy atom. The smallest absolute Gasteiger partial charge is 0.337 e. The molecule has 0 atom stereocenters. The van der Waals surface area contributed by atoms with Crippen LogP contribution in [0.5, 0.6) is 11.6 Å². The van der Waals surface area contributed by atoms with E-state index in [0.29, 0.717) is 17.4 Å². The van der Waals surface area contributed by atoms with Crippen LogP contribution in [0.2, 0.25) is 0 Å². The number of ether oxygens (including phenoxy) is 2. The van der Waals surface area contributed by atoms with Crippen LogP contribution in [0.25, 0.3) is 11.1 Å². The molecule has 3 rings (SSSR count). The Bertz CT molecular complexity index is 1010. The number of Topliss-reactive ketones (excluding diaryl/α,β-unsaturated/α-hetero) is 1. The van der Waals surface area contributed by atoms with E-state index in [1.165, 1.54) is 13.0 Å². The highest BCUT2D eigenvalue weighted by Gasteiger charge is 2.17. The summed E-state index contributed by atoms with van der Waals surface area (Å²) in [4.78, 5) is 31.7. The number of hydrogen-bond donors (Lipinski definition) is 0. The summed E-state index contributed by atoms with van der Waals surface area (Å²) in [6.07, 6.45) is 0.573. The Morgan fingerprint density at radius 1 is 1.19 bits per heavy atom. The lowest BCUT2D eigenvalue weighted by Gasteiger charge is -2.11. The summed E-state index contributed by atoms with van der Waals surface area (Å²) in [6, 6.07) is 8.78. The molecule has 0 fully saturated rings. The third-order valence-corrected chi connectivity index (χ3v) is 3.88. The summed E-state index contributed by atoms with van der Waals surface area (Å²) < 4.78 is 16.1. The second-order valence-electron chi connectivity index (χ2n) is 5.67. The van der Waals surface area contributed by atoms with E-state index in [-0.39, 0.29) is 29.8 Å². The SMILES string of the molecule is CCc1cc(=O)oc2nc(C(C)=O)nc(OCc3ccc(OC)cc3)c12. The number of carbonyl (C=O) groups is 1. The zero-order valence-electron chi connectivity index (χ0n) is 14.7. The molecule has 134 valence electrons. The monoisotopic (exact) mass is 354 g/mol. The number of rotatable bonds is 6. The lowest BCUT2D eigenvalue weighted by Crippen LogP contribution is -2.09. The van der Waals surface area contributed by atoms with Gasteiger partial charge in [0.05, 0.1) is 7.11 Å². The van der Waals surface area contributed by atoms with E-state index in [9.17, 15) is 9.59 Å². The standard InChI is InChI=1S/C19H18N2O5/c1-4-13-9-15(23)26-19-16(13)18(20-17(21-19)11(2)22)25-10-12-5-7-14(24-3)8-6-12/h5-9H,4,10H2,1-3H3. The molecule has 26 heavy (non-hydrogen) atoms. The van der Waals surface area contributed by atoms with Crippen molar-refractivity contribution in [3.05, 3.63) is 57.7 Å². The fraction of sp³-hybridized carbons (Fsp3) is 0.263. The van der Waals surface area contributed by atoms with Gasteiger partial charge >= 0.3 is 5.63 Å². The third-order valence-electron chi connectivity index (χ3n) is 3.88. The molecule has 0 aliphatic rings. The fourth-order valence-electron chi connectivity index (χ4n) is 2.52. The third kappa shape index (κ3) is 3.56. The van der Waals surface area contributed by atoms with Crippen molar-refractivity contribution in [1.29, 1.82) is 0 Å². The van der Waals surface area contributed by atoms with Crippen LogP contribution >= 0.6 is 0 Å². The number of carbonyl (C=O) groups excluding carboxylic acids is 1. The van der Waals surface area contributed by atoms with Crippen LogP contribution in [0.15, 0.2) is 39.5 Å². The van der Waals surface area contributed by atoms with E-state index >= 15 is 0 Å². The Kier molecular flexibility index (Phi) is 4.97. The fourth-order valence-corrected chi connectivity index (χ4v) is 2.52. The summed E-state index contributed by atoms with van der Waals surface area (Å²) in [5.74, 6) is 0.566. The quantitative estimate of drug-likeness (QED) is 0.628. The van der Waals surface area contributed by atoms with Crippen molar-refractivity contribution in [2.45, 2.75) is 26.9 Å². The summed E-state index contributed by atoms with van der Waals surface area (Å²) in [7, 11) is 1.60. The number of ketones is 1. The van der Waals surface area contributed by atoms with Gasteiger partial charge in [-0.15, -0.1) is 0 Å². The first-order valence-electron chi connectivity index (χ1n) is 8.13. The van der Waals surface area contributed by atoms with E-state index in [1.807, 2.05) is 31.2 Å². The van der Waals surface area contributed by atoms with E-state index < -0.39 is 5.63 Å². The van der Waals surface area contributed by atoms with E-state index in [4.69, 9.17) is 13.9 Å². The first kappa shape index (κ1) is 17.6. The maximum atomic E-state index is 11.7. The number of nitrogens with zero attached hydrogens (tertiary/aromatic N) is 2. The van der Waals surface area contributed by atoms with Crippen molar-refractivity contribution in [1.82, 2.24) is 9.97 Å². The van der Waals surface area contributed by atoms with Crippen molar-refractivity contribution in [2.75, 3.05) is 7.11 Å². The zero-order chi connectivity index (χ0) is 18.7. The molecule has 0 aliphatic carbocycles. The van der Waals surface area contributed by atoms with Crippen molar-refractivity contribution in [3.63, 3.8) is 0 Å². The minimum absolute atomic E-state index is 0.0549. The number of aryl methyl sites for hydroxylation is 1. The van der Waals surface area contributed by atoms with Gasteiger partial charge in [-0.25, -0.2) is 4.79 Å². The molecule has 0 bridgehead atoms. The van der Waals surface area contributed by atoms with Gasteiger partial charge in [0.1, 0.15) is 17.7 Å². The highest BCUT2D eigenvalue weighted by atomic mass is 16.5. The number of hydrogen-bond acceptors (Lipinski definition) is 7. The predicted molar refractivity (Wildman–Crippen MR) is 94.8 cm³/mol. The maximum absolute atomic E-state index is 11.7. The average molecular weight is 354 g/mol. The molecule has 0 amide bonds. The molecule has 0 saturated heterocycles. The number of benzene rings is 1. The number of methoxy groups -OCH3 is 1. The van der Waals surface area contributed by atoms with Crippen molar-refractivity contribution in [3.8, 4) is 11.6 Å². The molecule has 0 unspecified atom stereocenters. The molecule has 0 N–H and O–H groups in total. The molecule has 3 aromatic rings. The van der Waals surface area contributed by atoms with E-state index in [1.54, 1.807) is 7.11 Å². The van der Waals surface area contributed by atoms with Gasteiger partial charge in [0, 0.05) is 13.0 Å². The van der Waals surface area contributed by atoms with Gasteiger partial charge in [0.15, 0.2) is 5.78 Å². The highest BCUT2D eigenvalue weighted by molar-refractivity contribution is 5.93. The zero-order valence-corrected chi connectivity index (χ0v) is 14.7. The summed E-state index contributed by atoms with van der Waals surface area (Å²) in [5, 5.41) is 0.505. The minimum Gasteiger partial charge on any atom is -0.497 e. The number of aromatic nitrogens is 2. The molecular formula is C19H18N2O5. The van der Waals surface area contributed by atoms with E-state index in [2.05, 4.69) is 9.97 Å². The molecule has 0 spiro atoms.